The highest BCUT2D eigenvalue weighted by atomic mass is 19.2. The van der Waals surface area contributed by atoms with Crippen LogP contribution in [0.25, 0.3) is 0 Å². The first-order chi connectivity index (χ1) is 9.13. The molecule has 0 radical (unpaired) electrons. The minimum Gasteiger partial charge on any atom is -0.464 e. The molecule has 102 valence electrons. The van der Waals surface area contributed by atoms with E-state index in [1.54, 1.807) is 6.07 Å². The van der Waals surface area contributed by atoms with Gasteiger partial charge in [0.15, 0.2) is 11.6 Å². The van der Waals surface area contributed by atoms with Crippen LogP contribution < -0.4 is 5.32 Å². The summed E-state index contributed by atoms with van der Waals surface area (Å²) in [6.07, 6.45) is 1.38. The largest absolute Gasteiger partial charge is 0.464 e. The topological polar surface area (TPSA) is 25.2 Å². The summed E-state index contributed by atoms with van der Waals surface area (Å²) >= 11 is 0. The van der Waals surface area contributed by atoms with Gasteiger partial charge in [0.2, 0.25) is 0 Å². The molecule has 0 saturated carbocycles. The van der Waals surface area contributed by atoms with Crippen molar-refractivity contribution in [2.45, 2.75) is 25.8 Å². The van der Waals surface area contributed by atoms with Gasteiger partial charge in [-0.05, 0) is 43.3 Å². The van der Waals surface area contributed by atoms with E-state index in [0.717, 1.165) is 29.6 Å². The Morgan fingerprint density at radius 2 is 1.95 bits per heavy atom. The van der Waals surface area contributed by atoms with Crippen LogP contribution in [0, 0.1) is 11.6 Å². The molecule has 2 aromatic rings. The van der Waals surface area contributed by atoms with E-state index in [0.29, 0.717) is 6.42 Å². The van der Waals surface area contributed by atoms with Gasteiger partial charge in [-0.1, -0.05) is 13.0 Å². The average molecular weight is 265 g/mol. The van der Waals surface area contributed by atoms with Gasteiger partial charge in [-0.2, -0.15) is 0 Å². The lowest BCUT2D eigenvalue weighted by molar-refractivity contribution is 0.406. The van der Waals surface area contributed by atoms with Gasteiger partial charge in [-0.3, -0.25) is 0 Å². The number of halogens is 2. The maximum atomic E-state index is 13.2. The average Bonchev–Trinajstić information content (AvgIpc) is 2.88. The van der Waals surface area contributed by atoms with Crippen LogP contribution in [0.3, 0.4) is 0 Å². The van der Waals surface area contributed by atoms with Crippen LogP contribution in [0.5, 0.6) is 0 Å². The van der Waals surface area contributed by atoms with Gasteiger partial charge >= 0.3 is 0 Å². The van der Waals surface area contributed by atoms with E-state index in [1.165, 1.54) is 6.07 Å². The summed E-state index contributed by atoms with van der Waals surface area (Å²) in [7, 11) is 1.82. The zero-order chi connectivity index (χ0) is 13.8. The summed E-state index contributed by atoms with van der Waals surface area (Å²) in [5.41, 5.74) is 0.729. The summed E-state index contributed by atoms with van der Waals surface area (Å²) < 4.78 is 31.7. The first kappa shape index (κ1) is 13.7. The molecule has 2 nitrogen and oxygen atoms in total. The minimum atomic E-state index is -0.823. The standard InChI is InChI=1S/C15H17F2NO/c1-3-11-5-7-15(19-11)14(18-2)9-10-4-6-12(16)13(17)8-10/h4-8,14,18H,3,9H2,1-2H3. The van der Waals surface area contributed by atoms with Gasteiger partial charge in [0.05, 0.1) is 6.04 Å². The maximum absolute atomic E-state index is 13.2. The smallest absolute Gasteiger partial charge is 0.159 e. The monoisotopic (exact) mass is 265 g/mol. The third kappa shape index (κ3) is 3.20. The molecule has 1 aromatic carbocycles. The molecule has 2 rings (SSSR count). The Kier molecular flexibility index (Phi) is 4.32. The van der Waals surface area contributed by atoms with Crippen molar-refractivity contribution < 1.29 is 13.2 Å². The van der Waals surface area contributed by atoms with Crippen molar-refractivity contribution in [3.05, 3.63) is 59.1 Å². The quantitative estimate of drug-likeness (QED) is 0.893. The second kappa shape index (κ2) is 5.97. The molecule has 1 aromatic heterocycles. The van der Waals surface area contributed by atoms with Gasteiger partial charge < -0.3 is 9.73 Å². The van der Waals surface area contributed by atoms with Gasteiger partial charge in [0.25, 0.3) is 0 Å². The van der Waals surface area contributed by atoms with Crippen molar-refractivity contribution in [3.8, 4) is 0 Å². The minimum absolute atomic E-state index is 0.0508. The third-order valence-corrected chi connectivity index (χ3v) is 3.15. The Labute approximate surface area is 111 Å². The first-order valence-electron chi connectivity index (χ1n) is 6.33. The van der Waals surface area contributed by atoms with E-state index in [4.69, 9.17) is 4.42 Å². The number of benzene rings is 1. The Hall–Kier alpha value is -1.68. The van der Waals surface area contributed by atoms with Crippen molar-refractivity contribution in [1.29, 1.82) is 0 Å². The summed E-state index contributed by atoms with van der Waals surface area (Å²) in [4.78, 5) is 0. The van der Waals surface area contributed by atoms with Crippen molar-refractivity contribution >= 4 is 0 Å². The van der Waals surface area contributed by atoms with Crippen molar-refractivity contribution in [2.24, 2.45) is 0 Å². The van der Waals surface area contributed by atoms with Crippen LogP contribution in [0.15, 0.2) is 34.7 Å². The molecule has 0 aliphatic carbocycles. The number of hydrogen-bond acceptors (Lipinski definition) is 2. The third-order valence-electron chi connectivity index (χ3n) is 3.15. The molecule has 1 heterocycles. The molecule has 4 heteroatoms. The molecule has 0 saturated heterocycles. The van der Waals surface area contributed by atoms with E-state index in [9.17, 15) is 8.78 Å². The molecule has 1 N–H and O–H groups in total. The number of aryl methyl sites for hydroxylation is 1. The zero-order valence-corrected chi connectivity index (χ0v) is 11.0. The molecule has 0 fully saturated rings. The number of likely N-dealkylation sites (N-methyl/N-ethyl adjacent to an activating group) is 1. The fraction of sp³-hybridized carbons (Fsp3) is 0.333. The normalized spacial score (nSPS) is 12.6. The molecule has 19 heavy (non-hydrogen) atoms. The SMILES string of the molecule is CCc1ccc(C(Cc2ccc(F)c(F)c2)NC)o1. The predicted molar refractivity (Wildman–Crippen MR) is 69.9 cm³/mol. The number of hydrogen-bond donors (Lipinski definition) is 1. The summed E-state index contributed by atoms with van der Waals surface area (Å²) in [5.74, 6) is 0.0849. The van der Waals surface area contributed by atoms with Crippen LogP contribution in [-0.4, -0.2) is 7.05 Å². The summed E-state index contributed by atoms with van der Waals surface area (Å²) in [6.45, 7) is 2.02. The van der Waals surface area contributed by atoms with Gasteiger partial charge in [-0.15, -0.1) is 0 Å². The lowest BCUT2D eigenvalue weighted by Crippen LogP contribution is -2.18. The van der Waals surface area contributed by atoms with Gasteiger partial charge in [0.1, 0.15) is 11.5 Å². The van der Waals surface area contributed by atoms with Gasteiger partial charge in [0, 0.05) is 6.42 Å². The molecule has 0 bridgehead atoms. The number of nitrogens with one attached hydrogen (secondary N) is 1. The fourth-order valence-electron chi connectivity index (χ4n) is 2.02. The van der Waals surface area contributed by atoms with Crippen LogP contribution in [-0.2, 0) is 12.8 Å². The lowest BCUT2D eigenvalue weighted by Gasteiger charge is -2.14. The highest BCUT2D eigenvalue weighted by Gasteiger charge is 2.15. The molecular formula is C15H17F2NO. The van der Waals surface area contributed by atoms with E-state index < -0.39 is 11.6 Å². The number of rotatable bonds is 5. The summed E-state index contributed by atoms with van der Waals surface area (Å²) in [5, 5.41) is 3.13. The predicted octanol–water partition coefficient (Wildman–Crippen LogP) is 3.62. The molecule has 0 spiro atoms. The van der Waals surface area contributed by atoms with Crippen molar-refractivity contribution in [3.63, 3.8) is 0 Å². The van der Waals surface area contributed by atoms with Crippen molar-refractivity contribution in [2.75, 3.05) is 7.05 Å². The Bertz CT molecular complexity index is 551. The molecule has 1 atom stereocenters. The lowest BCUT2D eigenvalue weighted by atomic mass is 10.0. The van der Waals surface area contributed by atoms with Crippen LogP contribution in [0.2, 0.25) is 0 Å². The second-order valence-corrected chi connectivity index (χ2v) is 4.45. The van der Waals surface area contributed by atoms with E-state index in [1.807, 2.05) is 26.1 Å². The highest BCUT2D eigenvalue weighted by Crippen LogP contribution is 2.22. The second-order valence-electron chi connectivity index (χ2n) is 4.45. The Morgan fingerprint density at radius 1 is 1.16 bits per heavy atom. The molecule has 0 amide bonds. The zero-order valence-electron chi connectivity index (χ0n) is 11.0. The van der Waals surface area contributed by atoms with E-state index in [2.05, 4.69) is 5.32 Å². The molecule has 0 aliphatic rings. The molecule has 0 aliphatic heterocycles. The van der Waals surface area contributed by atoms with E-state index >= 15 is 0 Å². The van der Waals surface area contributed by atoms with Crippen LogP contribution in [0.1, 0.15) is 30.0 Å². The van der Waals surface area contributed by atoms with Gasteiger partial charge in [-0.25, -0.2) is 8.78 Å². The van der Waals surface area contributed by atoms with E-state index in [-0.39, 0.29) is 6.04 Å². The Balaban J connectivity index is 2.16. The maximum Gasteiger partial charge on any atom is 0.159 e. The first-order valence-corrected chi connectivity index (χ1v) is 6.33. The molecule has 1 unspecified atom stereocenters. The molecular weight excluding hydrogens is 248 g/mol. The van der Waals surface area contributed by atoms with Crippen LogP contribution in [0.4, 0.5) is 8.78 Å². The number of furan rings is 1. The van der Waals surface area contributed by atoms with Crippen LogP contribution >= 0.6 is 0 Å². The summed E-state index contributed by atoms with van der Waals surface area (Å²) in [6, 6.07) is 7.77. The highest BCUT2D eigenvalue weighted by molar-refractivity contribution is 5.21. The Morgan fingerprint density at radius 3 is 2.53 bits per heavy atom. The van der Waals surface area contributed by atoms with Crippen molar-refractivity contribution in [1.82, 2.24) is 5.32 Å². The fourth-order valence-corrected chi connectivity index (χ4v) is 2.02.